The van der Waals surface area contributed by atoms with Crippen LogP contribution in [0.1, 0.15) is 27.2 Å². The summed E-state index contributed by atoms with van der Waals surface area (Å²) < 4.78 is 5.62. The monoisotopic (exact) mass is 235 g/mol. The molecule has 0 radical (unpaired) electrons. The van der Waals surface area contributed by atoms with Crippen molar-refractivity contribution in [1.82, 2.24) is 5.32 Å². The molecule has 0 saturated carbocycles. The fraction of sp³-hybridized carbons (Fsp3) is 0.778. The molecule has 0 aliphatic heterocycles. The summed E-state index contributed by atoms with van der Waals surface area (Å²) in [7, 11) is 1.88. The summed E-state index contributed by atoms with van der Waals surface area (Å²) in [5.74, 6) is 0. The molecule has 1 unspecified atom stereocenters. The highest BCUT2D eigenvalue weighted by Gasteiger charge is 2.14. The maximum atomic E-state index is 5.62. The third-order valence-electron chi connectivity index (χ3n) is 1.09. The molecule has 0 aliphatic carbocycles. The number of ether oxygens (including phenoxy) is 1. The maximum Gasteiger partial charge on any atom is 0.116 e. The topological polar surface area (TPSA) is 21.3 Å². The van der Waals surface area contributed by atoms with E-state index >= 15 is 0 Å². The molecule has 0 amide bonds. The molecule has 2 nitrogen and oxygen atoms in total. The molecule has 3 heteroatoms. The van der Waals surface area contributed by atoms with Crippen LogP contribution < -0.4 is 5.32 Å². The summed E-state index contributed by atoms with van der Waals surface area (Å²) >= 11 is 3.44. The summed E-state index contributed by atoms with van der Waals surface area (Å²) in [6.07, 6.45) is 4.81. The number of alkyl halides is 1. The van der Waals surface area contributed by atoms with Crippen molar-refractivity contribution < 1.29 is 4.74 Å². The second-order valence-electron chi connectivity index (χ2n) is 3.57. The van der Waals surface area contributed by atoms with Crippen LogP contribution in [0.5, 0.6) is 0 Å². The maximum absolute atomic E-state index is 5.62. The van der Waals surface area contributed by atoms with E-state index in [9.17, 15) is 0 Å². The van der Waals surface area contributed by atoms with Crippen LogP contribution in [0.2, 0.25) is 0 Å². The van der Waals surface area contributed by atoms with Gasteiger partial charge in [0, 0.05) is 13.5 Å². The lowest BCUT2D eigenvalue weighted by atomic mass is 10.2. The second-order valence-corrected chi connectivity index (χ2v) is 4.59. The van der Waals surface area contributed by atoms with Gasteiger partial charge in [-0.25, -0.2) is 0 Å². The summed E-state index contributed by atoms with van der Waals surface area (Å²) in [4.78, 5) is 0. The molecule has 0 heterocycles. The number of halogens is 1. The Bertz CT molecular complexity index is 140. The lowest BCUT2D eigenvalue weighted by Crippen LogP contribution is -2.23. The van der Waals surface area contributed by atoms with Crippen LogP contribution in [-0.2, 0) is 4.74 Å². The minimum atomic E-state index is -0.0817. The van der Waals surface area contributed by atoms with Crippen molar-refractivity contribution in [3.05, 3.63) is 12.3 Å². The van der Waals surface area contributed by atoms with E-state index < -0.39 is 0 Å². The van der Waals surface area contributed by atoms with Crippen LogP contribution >= 0.6 is 15.9 Å². The Morgan fingerprint density at radius 1 is 1.50 bits per heavy atom. The average molecular weight is 236 g/mol. The van der Waals surface area contributed by atoms with E-state index in [1.54, 1.807) is 0 Å². The summed E-state index contributed by atoms with van der Waals surface area (Å²) in [5, 5.41) is 3.03. The predicted molar refractivity (Wildman–Crippen MR) is 56.4 cm³/mol. The Kier molecular flexibility index (Phi) is 5.59. The Morgan fingerprint density at radius 2 is 2.08 bits per heavy atom. The van der Waals surface area contributed by atoms with Gasteiger partial charge in [-0.05, 0) is 27.0 Å². The van der Waals surface area contributed by atoms with Crippen molar-refractivity contribution in [2.24, 2.45) is 0 Å². The predicted octanol–water partition coefficient (Wildman–Crippen LogP) is 2.65. The Hall–Kier alpha value is -0.0200. The third-order valence-corrected chi connectivity index (χ3v) is 1.65. The quantitative estimate of drug-likeness (QED) is 0.757. The van der Waals surface area contributed by atoms with Gasteiger partial charge in [0.1, 0.15) is 5.01 Å². The van der Waals surface area contributed by atoms with Gasteiger partial charge in [0.05, 0.1) is 5.60 Å². The van der Waals surface area contributed by atoms with E-state index in [-0.39, 0.29) is 10.6 Å². The average Bonchev–Trinajstić information content (AvgIpc) is 1.84. The van der Waals surface area contributed by atoms with Crippen LogP contribution in [0.3, 0.4) is 0 Å². The van der Waals surface area contributed by atoms with Gasteiger partial charge in [-0.1, -0.05) is 22.0 Å². The molecule has 0 spiro atoms. The molecule has 0 aliphatic rings. The molecular weight excluding hydrogens is 218 g/mol. The third kappa shape index (κ3) is 8.08. The first kappa shape index (κ1) is 12.0. The Morgan fingerprint density at radius 3 is 2.50 bits per heavy atom. The largest absolute Gasteiger partial charge is 0.394 e. The molecule has 0 aromatic carbocycles. The lowest BCUT2D eigenvalue weighted by molar-refractivity contribution is -0.0144. The molecule has 1 atom stereocenters. The normalized spacial score (nSPS) is 15.1. The van der Waals surface area contributed by atoms with E-state index in [1.807, 2.05) is 40.1 Å². The van der Waals surface area contributed by atoms with E-state index in [1.165, 1.54) is 0 Å². The molecule has 0 bridgehead atoms. The van der Waals surface area contributed by atoms with Gasteiger partial charge in [0.2, 0.25) is 0 Å². The van der Waals surface area contributed by atoms with Crippen molar-refractivity contribution >= 4 is 15.9 Å². The molecule has 0 rings (SSSR count). The standard InChI is InChI=1S/C9H18BrNO/c1-9(2,3)12-8(10)6-5-7-11-4/h5,7-8,11H,6H2,1-4H3/b7-5-. The SMILES string of the molecule is CN/C=C\CC(Br)OC(C)(C)C. The number of hydrogen-bond acceptors (Lipinski definition) is 2. The minimum Gasteiger partial charge on any atom is -0.394 e. The number of nitrogens with one attached hydrogen (secondary N) is 1. The molecule has 0 fully saturated rings. The summed E-state index contributed by atoms with van der Waals surface area (Å²) in [6.45, 7) is 6.13. The fourth-order valence-electron chi connectivity index (χ4n) is 0.725. The van der Waals surface area contributed by atoms with Gasteiger partial charge in [-0.3, -0.25) is 0 Å². The lowest BCUT2D eigenvalue weighted by Gasteiger charge is -2.23. The second kappa shape index (κ2) is 5.60. The Balaban J connectivity index is 3.60. The first-order valence-electron chi connectivity index (χ1n) is 4.10. The molecule has 12 heavy (non-hydrogen) atoms. The van der Waals surface area contributed by atoms with Crippen LogP contribution in [0, 0.1) is 0 Å². The van der Waals surface area contributed by atoms with E-state index in [2.05, 4.69) is 21.2 Å². The molecule has 0 aromatic heterocycles. The van der Waals surface area contributed by atoms with E-state index in [4.69, 9.17) is 4.74 Å². The summed E-state index contributed by atoms with van der Waals surface area (Å²) in [5.41, 5.74) is -0.0817. The first-order valence-corrected chi connectivity index (χ1v) is 5.01. The smallest absolute Gasteiger partial charge is 0.116 e. The van der Waals surface area contributed by atoms with Gasteiger partial charge >= 0.3 is 0 Å². The van der Waals surface area contributed by atoms with Gasteiger partial charge in [-0.15, -0.1) is 0 Å². The van der Waals surface area contributed by atoms with Crippen molar-refractivity contribution in [3.63, 3.8) is 0 Å². The zero-order chi connectivity index (χ0) is 9.61. The molecule has 0 aromatic rings. The van der Waals surface area contributed by atoms with E-state index in [0.29, 0.717) is 0 Å². The molecular formula is C9H18BrNO. The highest BCUT2D eigenvalue weighted by molar-refractivity contribution is 9.09. The van der Waals surface area contributed by atoms with Gasteiger partial charge in [0.15, 0.2) is 0 Å². The number of rotatable bonds is 4. The number of hydrogen-bond donors (Lipinski definition) is 1. The van der Waals surface area contributed by atoms with Gasteiger partial charge in [-0.2, -0.15) is 0 Å². The molecule has 72 valence electrons. The highest BCUT2D eigenvalue weighted by atomic mass is 79.9. The highest BCUT2D eigenvalue weighted by Crippen LogP contribution is 2.17. The van der Waals surface area contributed by atoms with Gasteiger partial charge in [0.25, 0.3) is 0 Å². The Labute approximate surface area is 83.5 Å². The van der Waals surface area contributed by atoms with Crippen LogP contribution in [0.15, 0.2) is 12.3 Å². The molecule has 1 N–H and O–H groups in total. The van der Waals surface area contributed by atoms with Gasteiger partial charge < -0.3 is 10.1 Å². The van der Waals surface area contributed by atoms with Crippen molar-refractivity contribution in [1.29, 1.82) is 0 Å². The fourth-order valence-corrected chi connectivity index (χ4v) is 1.50. The van der Waals surface area contributed by atoms with Crippen molar-refractivity contribution in [2.75, 3.05) is 7.05 Å². The zero-order valence-corrected chi connectivity index (χ0v) is 9.81. The summed E-state index contributed by atoms with van der Waals surface area (Å²) in [6, 6.07) is 0. The van der Waals surface area contributed by atoms with Crippen LogP contribution in [-0.4, -0.2) is 17.7 Å². The van der Waals surface area contributed by atoms with Crippen LogP contribution in [0.25, 0.3) is 0 Å². The minimum absolute atomic E-state index is 0.0817. The van der Waals surface area contributed by atoms with Crippen molar-refractivity contribution in [2.45, 2.75) is 37.8 Å². The first-order chi connectivity index (χ1) is 5.45. The molecule has 0 saturated heterocycles. The van der Waals surface area contributed by atoms with Crippen LogP contribution in [0.4, 0.5) is 0 Å². The van der Waals surface area contributed by atoms with E-state index in [0.717, 1.165) is 6.42 Å². The zero-order valence-electron chi connectivity index (χ0n) is 8.23. The van der Waals surface area contributed by atoms with Crippen molar-refractivity contribution in [3.8, 4) is 0 Å².